The second-order valence-corrected chi connectivity index (χ2v) is 17.1. The number of benzene rings is 1. The smallest absolute Gasteiger partial charge is 0.358 e. The number of carbonyl (C=O) groups is 5. The van der Waals surface area contributed by atoms with Gasteiger partial charge in [-0.05, 0) is 87.9 Å². The zero-order valence-corrected chi connectivity index (χ0v) is 35.7. The Morgan fingerprint density at radius 3 is 2.03 bits per heavy atom. The molecule has 4 aliphatic rings. The summed E-state index contributed by atoms with van der Waals surface area (Å²) in [7, 11) is 1.74. The lowest BCUT2D eigenvalue weighted by Gasteiger charge is -2.34. The summed E-state index contributed by atoms with van der Waals surface area (Å²) in [6.07, 6.45) is 4.94. The van der Waals surface area contributed by atoms with E-state index in [1.807, 2.05) is 12.1 Å². The highest BCUT2D eigenvalue weighted by Gasteiger charge is 2.43. The Bertz CT molecular complexity index is 2080. The van der Waals surface area contributed by atoms with E-state index in [2.05, 4.69) is 46.0 Å². The summed E-state index contributed by atoms with van der Waals surface area (Å²) in [6, 6.07) is 5.98. The molecule has 5 heterocycles. The van der Waals surface area contributed by atoms with Crippen molar-refractivity contribution in [2.24, 2.45) is 17.8 Å². The first-order valence-corrected chi connectivity index (χ1v) is 22.2. The lowest BCUT2D eigenvalue weighted by molar-refractivity contribution is -0.137. The molecule has 16 nitrogen and oxygen atoms in total. The zero-order chi connectivity index (χ0) is 44.5. The average Bonchev–Trinajstić information content (AvgIpc) is 3.79. The normalized spacial score (nSPS) is 23.6. The average molecular weight is 878 g/mol. The molecule has 1 saturated carbocycles. The van der Waals surface area contributed by atoms with Gasteiger partial charge >= 0.3 is 6.18 Å². The summed E-state index contributed by atoms with van der Waals surface area (Å²) >= 11 is 0. The molecule has 2 aromatic heterocycles. The largest absolute Gasteiger partial charge is 0.416 e. The van der Waals surface area contributed by atoms with Crippen LogP contribution in [0.5, 0.6) is 0 Å². The Morgan fingerprint density at radius 1 is 0.778 bits per heavy atom. The molecule has 0 unspecified atom stereocenters. The molecular weight excluding hydrogens is 820 g/mol. The van der Waals surface area contributed by atoms with Gasteiger partial charge in [0.1, 0.15) is 18.2 Å². The number of aromatic nitrogens is 3. The number of piperazine rings is 1. The third kappa shape index (κ3) is 11.6. The monoisotopic (exact) mass is 877 g/mol. The van der Waals surface area contributed by atoms with Crippen molar-refractivity contribution in [2.45, 2.75) is 69.6 Å². The number of alkyl halides is 3. The molecule has 0 spiro atoms. The fraction of sp³-hybridized carbons (Fsp3) is 0.591. The van der Waals surface area contributed by atoms with Gasteiger partial charge in [0.05, 0.1) is 23.0 Å². The predicted molar refractivity (Wildman–Crippen MR) is 228 cm³/mol. The summed E-state index contributed by atoms with van der Waals surface area (Å²) in [5.74, 6) is -0.982. The van der Waals surface area contributed by atoms with E-state index in [4.69, 9.17) is 0 Å². The molecule has 5 amide bonds. The maximum Gasteiger partial charge on any atom is 0.416 e. The first-order valence-electron chi connectivity index (χ1n) is 22.2. The summed E-state index contributed by atoms with van der Waals surface area (Å²) in [5.41, 5.74) is 0.373. The lowest BCUT2D eigenvalue weighted by atomic mass is 9.81. The van der Waals surface area contributed by atoms with E-state index in [0.29, 0.717) is 63.8 Å². The fourth-order valence-corrected chi connectivity index (χ4v) is 9.34. The molecule has 19 heteroatoms. The molecule has 3 saturated heterocycles. The third-order valence-electron chi connectivity index (χ3n) is 13.0. The Morgan fingerprint density at radius 2 is 1.41 bits per heavy atom. The Hall–Kier alpha value is -5.43. The van der Waals surface area contributed by atoms with E-state index in [-0.39, 0.29) is 71.6 Å². The van der Waals surface area contributed by atoms with Gasteiger partial charge < -0.3 is 40.9 Å². The Kier molecular flexibility index (Phi) is 15.1. The van der Waals surface area contributed by atoms with Gasteiger partial charge in [-0.1, -0.05) is 6.07 Å². The molecule has 7 rings (SSSR count). The molecule has 340 valence electrons. The van der Waals surface area contributed by atoms with Crippen molar-refractivity contribution in [1.82, 2.24) is 50.5 Å². The number of carbonyl (C=O) groups excluding carboxylic acids is 5. The van der Waals surface area contributed by atoms with Crippen LogP contribution in [0.25, 0.3) is 10.9 Å². The van der Waals surface area contributed by atoms with Crippen LogP contribution < -0.4 is 21.3 Å². The zero-order valence-electron chi connectivity index (χ0n) is 35.7. The minimum absolute atomic E-state index is 0.0383. The molecule has 3 aliphatic heterocycles. The highest BCUT2D eigenvalue weighted by atomic mass is 19.4. The van der Waals surface area contributed by atoms with Crippen LogP contribution in [0.1, 0.15) is 68.5 Å². The number of amides is 5. The number of nitrogens with zero attached hydrogens (tertiary/aromatic N) is 7. The standard InChI is InChI=1S/C44H58F3N11O5/c1-55-37(59)26-34(38(55)31-5-2-13-48-27-31)42(62)50-15-4-18-57-23-21-56(22-24-57)17-3-14-49-40(60)29-6-8-30(9-7-29)41(61)51-16-20-58-19-12-36(43(58)63)54-39-33-25-32(44(45,46)47)10-11-35(33)52-28-53-39/h2,5,10-11,13,25,27-30,34,36,38H,3-4,6-9,12,14-24,26H2,1H3,(H,49,60)(H,50,62)(H,51,61)(H,52,53,54)/t29-,30+,34-,36-,38+/m0/s1. The molecule has 63 heavy (non-hydrogen) atoms. The van der Waals surface area contributed by atoms with Crippen molar-refractivity contribution in [1.29, 1.82) is 0 Å². The van der Waals surface area contributed by atoms with Crippen molar-refractivity contribution in [2.75, 3.05) is 84.4 Å². The molecule has 4 fully saturated rings. The maximum absolute atomic E-state index is 13.3. The number of hydrogen-bond donors (Lipinski definition) is 4. The first kappa shape index (κ1) is 45.6. The van der Waals surface area contributed by atoms with Crippen molar-refractivity contribution in [3.63, 3.8) is 0 Å². The molecule has 1 aromatic carbocycles. The predicted octanol–water partition coefficient (Wildman–Crippen LogP) is 2.83. The van der Waals surface area contributed by atoms with Crippen LogP contribution in [-0.2, 0) is 30.1 Å². The van der Waals surface area contributed by atoms with Crippen LogP contribution in [0.15, 0.2) is 49.1 Å². The van der Waals surface area contributed by atoms with Gasteiger partial charge in [0, 0.05) is 102 Å². The molecule has 3 aromatic rings. The molecule has 4 N–H and O–H groups in total. The maximum atomic E-state index is 13.3. The number of hydrogen-bond acceptors (Lipinski definition) is 11. The van der Waals surface area contributed by atoms with Gasteiger partial charge in [0.15, 0.2) is 0 Å². The van der Waals surface area contributed by atoms with Gasteiger partial charge in [-0.3, -0.25) is 29.0 Å². The molecule has 1 aliphatic carbocycles. The number of nitrogens with one attached hydrogen (secondary N) is 4. The number of halogens is 3. The summed E-state index contributed by atoms with van der Waals surface area (Å²) < 4.78 is 40.0. The Balaban J connectivity index is 0.715. The number of likely N-dealkylation sites (tertiary alicyclic amines) is 2. The molecule has 0 bridgehead atoms. The lowest BCUT2D eigenvalue weighted by Crippen LogP contribution is -2.47. The number of rotatable bonds is 17. The highest BCUT2D eigenvalue weighted by molar-refractivity contribution is 5.93. The van der Waals surface area contributed by atoms with E-state index in [1.54, 1.807) is 29.2 Å². The number of anilines is 1. The van der Waals surface area contributed by atoms with Gasteiger partial charge in [-0.25, -0.2) is 9.97 Å². The second kappa shape index (κ2) is 20.8. The first-order chi connectivity index (χ1) is 30.4. The van der Waals surface area contributed by atoms with Crippen LogP contribution in [0.4, 0.5) is 19.0 Å². The minimum Gasteiger partial charge on any atom is -0.358 e. The van der Waals surface area contributed by atoms with Crippen LogP contribution in [0.2, 0.25) is 0 Å². The fourth-order valence-electron chi connectivity index (χ4n) is 9.34. The third-order valence-corrected chi connectivity index (χ3v) is 13.0. The van der Waals surface area contributed by atoms with Crippen molar-refractivity contribution >= 4 is 46.3 Å². The second-order valence-electron chi connectivity index (χ2n) is 17.1. The molecule has 0 radical (unpaired) electrons. The molecule has 3 atom stereocenters. The van der Waals surface area contributed by atoms with E-state index >= 15 is 0 Å². The van der Waals surface area contributed by atoms with Gasteiger partial charge in [-0.15, -0.1) is 0 Å². The van der Waals surface area contributed by atoms with Crippen LogP contribution >= 0.6 is 0 Å². The van der Waals surface area contributed by atoms with E-state index in [1.165, 1.54) is 12.4 Å². The number of pyridine rings is 1. The highest BCUT2D eigenvalue weighted by Crippen LogP contribution is 2.37. The van der Waals surface area contributed by atoms with Crippen LogP contribution in [-0.4, -0.2) is 149 Å². The summed E-state index contributed by atoms with van der Waals surface area (Å²) in [5, 5.41) is 12.3. The van der Waals surface area contributed by atoms with Gasteiger partial charge in [-0.2, -0.15) is 13.2 Å². The van der Waals surface area contributed by atoms with E-state index < -0.39 is 23.7 Å². The van der Waals surface area contributed by atoms with E-state index in [9.17, 15) is 37.1 Å². The van der Waals surface area contributed by atoms with Crippen LogP contribution in [0.3, 0.4) is 0 Å². The molecular formula is C44H58F3N11O5. The van der Waals surface area contributed by atoms with Crippen LogP contribution in [0, 0.1) is 17.8 Å². The van der Waals surface area contributed by atoms with E-state index in [0.717, 1.165) is 69.8 Å². The van der Waals surface area contributed by atoms with Gasteiger partial charge in [0.25, 0.3) is 0 Å². The number of fused-ring (bicyclic) bond motifs is 1. The SMILES string of the molecule is CN1C(=O)C[C@H](C(=O)NCCCN2CCN(CCCNC(=O)[C@H]3CC[C@@H](C(=O)NCCN4CC[C@H](Nc5ncnc6ccc(C(F)(F)F)cc56)C4=O)CC3)CC2)[C@H]1c1cccnc1. The van der Waals surface area contributed by atoms with Crippen molar-refractivity contribution < 1.29 is 37.1 Å². The Labute approximate surface area is 365 Å². The summed E-state index contributed by atoms with van der Waals surface area (Å²) in [4.78, 5) is 85.0. The summed E-state index contributed by atoms with van der Waals surface area (Å²) in [6.45, 7) is 7.73. The van der Waals surface area contributed by atoms with Crippen molar-refractivity contribution in [3.05, 3.63) is 60.2 Å². The minimum atomic E-state index is -4.53. The topological polar surface area (TPSA) is 185 Å². The van der Waals surface area contributed by atoms with Crippen molar-refractivity contribution in [3.8, 4) is 0 Å². The quantitative estimate of drug-likeness (QED) is 0.146. The van der Waals surface area contributed by atoms with Gasteiger partial charge in [0.2, 0.25) is 29.5 Å².